The number of hydrogen-bond acceptors (Lipinski definition) is 6. The van der Waals surface area contributed by atoms with Crippen molar-refractivity contribution in [2.75, 3.05) is 30.3 Å². The SMILES string of the molecule is CCNC(=O)CNc1cc2c(cc1[N+](=O)[O-])OCC(=O)N2. The van der Waals surface area contributed by atoms with Crippen LogP contribution in [0.2, 0.25) is 0 Å². The summed E-state index contributed by atoms with van der Waals surface area (Å²) in [5.41, 5.74) is 0.236. The Morgan fingerprint density at radius 3 is 2.95 bits per heavy atom. The fraction of sp³-hybridized carbons (Fsp3) is 0.333. The molecule has 0 aromatic heterocycles. The standard InChI is InChI=1S/C12H14N4O5/c1-2-13-11(17)5-14-7-3-8-10(4-9(7)16(19)20)21-6-12(18)15-8/h3-4,14H,2,5-6H2,1H3,(H,13,17)(H,15,18). The second-order valence-corrected chi connectivity index (χ2v) is 4.27. The van der Waals surface area contributed by atoms with E-state index in [0.717, 1.165) is 0 Å². The molecular formula is C12H14N4O5. The number of nitro groups is 1. The third kappa shape index (κ3) is 3.38. The summed E-state index contributed by atoms with van der Waals surface area (Å²) in [6.45, 7) is 1.95. The van der Waals surface area contributed by atoms with Crippen LogP contribution in [-0.2, 0) is 9.59 Å². The largest absolute Gasteiger partial charge is 0.481 e. The van der Waals surface area contributed by atoms with E-state index in [1.165, 1.54) is 12.1 Å². The number of nitrogens with one attached hydrogen (secondary N) is 3. The van der Waals surface area contributed by atoms with Gasteiger partial charge in [0.25, 0.3) is 11.6 Å². The van der Waals surface area contributed by atoms with E-state index >= 15 is 0 Å². The fourth-order valence-corrected chi connectivity index (χ4v) is 1.84. The highest BCUT2D eigenvalue weighted by atomic mass is 16.6. The number of hydrogen-bond donors (Lipinski definition) is 3. The summed E-state index contributed by atoms with van der Waals surface area (Å²) in [5, 5.41) is 18.9. The molecule has 9 nitrogen and oxygen atoms in total. The molecule has 0 spiro atoms. The van der Waals surface area contributed by atoms with E-state index < -0.39 is 4.92 Å². The Morgan fingerprint density at radius 2 is 2.29 bits per heavy atom. The first kappa shape index (κ1) is 14.6. The first-order valence-electron chi connectivity index (χ1n) is 6.27. The highest BCUT2D eigenvalue weighted by molar-refractivity contribution is 5.97. The van der Waals surface area contributed by atoms with Crippen LogP contribution in [0.3, 0.4) is 0 Å². The molecule has 1 aromatic carbocycles. The number of ether oxygens (including phenoxy) is 1. The van der Waals surface area contributed by atoms with Gasteiger partial charge in [0.05, 0.1) is 23.2 Å². The van der Waals surface area contributed by atoms with Crippen molar-refractivity contribution in [3.63, 3.8) is 0 Å². The quantitative estimate of drug-likeness (QED) is 0.536. The second-order valence-electron chi connectivity index (χ2n) is 4.27. The Hall–Kier alpha value is -2.84. The molecule has 112 valence electrons. The van der Waals surface area contributed by atoms with Gasteiger partial charge in [-0.15, -0.1) is 0 Å². The number of anilines is 2. The molecule has 1 aliphatic rings. The van der Waals surface area contributed by atoms with Gasteiger partial charge in [-0.05, 0) is 13.0 Å². The number of rotatable bonds is 5. The summed E-state index contributed by atoms with van der Waals surface area (Å²) < 4.78 is 5.12. The number of amides is 2. The maximum Gasteiger partial charge on any atom is 0.296 e. The minimum atomic E-state index is -0.583. The number of fused-ring (bicyclic) bond motifs is 1. The summed E-state index contributed by atoms with van der Waals surface area (Å²) in [6.07, 6.45) is 0. The molecule has 0 atom stereocenters. The number of nitro benzene ring substituents is 1. The van der Waals surface area contributed by atoms with E-state index in [0.29, 0.717) is 12.2 Å². The van der Waals surface area contributed by atoms with E-state index in [2.05, 4.69) is 16.0 Å². The molecule has 2 rings (SSSR count). The number of carbonyl (C=O) groups is 2. The molecule has 21 heavy (non-hydrogen) atoms. The van der Waals surface area contributed by atoms with Crippen LogP contribution in [0.25, 0.3) is 0 Å². The van der Waals surface area contributed by atoms with Crippen molar-refractivity contribution in [2.24, 2.45) is 0 Å². The Bertz CT molecular complexity index is 602. The van der Waals surface area contributed by atoms with Crippen molar-refractivity contribution in [2.45, 2.75) is 6.92 Å². The molecule has 2 amide bonds. The summed E-state index contributed by atoms with van der Waals surface area (Å²) >= 11 is 0. The Morgan fingerprint density at radius 1 is 1.52 bits per heavy atom. The van der Waals surface area contributed by atoms with Crippen LogP contribution in [0.1, 0.15) is 6.92 Å². The lowest BCUT2D eigenvalue weighted by atomic mass is 10.2. The molecule has 1 aromatic rings. The Balaban J connectivity index is 2.25. The highest BCUT2D eigenvalue weighted by Gasteiger charge is 2.23. The zero-order chi connectivity index (χ0) is 15.4. The molecule has 0 aliphatic carbocycles. The molecular weight excluding hydrogens is 280 g/mol. The van der Waals surface area contributed by atoms with Gasteiger partial charge in [-0.25, -0.2) is 0 Å². The van der Waals surface area contributed by atoms with Gasteiger partial charge in [0.2, 0.25) is 5.91 Å². The van der Waals surface area contributed by atoms with Gasteiger partial charge in [0.1, 0.15) is 5.69 Å². The van der Waals surface area contributed by atoms with Crippen LogP contribution in [0.5, 0.6) is 5.75 Å². The molecule has 0 unspecified atom stereocenters. The zero-order valence-electron chi connectivity index (χ0n) is 11.3. The van der Waals surface area contributed by atoms with Crippen LogP contribution in [0, 0.1) is 10.1 Å². The number of benzene rings is 1. The summed E-state index contributed by atoms with van der Waals surface area (Å²) in [5.74, 6) is -0.402. The number of nitrogens with zero attached hydrogens (tertiary/aromatic N) is 1. The average molecular weight is 294 g/mol. The predicted octanol–water partition coefficient (Wildman–Crippen LogP) is 0.474. The molecule has 3 N–H and O–H groups in total. The third-order valence-electron chi connectivity index (χ3n) is 2.74. The molecule has 0 saturated carbocycles. The van der Waals surface area contributed by atoms with E-state index in [1.54, 1.807) is 6.92 Å². The Labute approximate surface area is 119 Å². The second kappa shape index (κ2) is 6.07. The minimum absolute atomic E-state index is 0.109. The van der Waals surface area contributed by atoms with E-state index in [4.69, 9.17) is 4.74 Å². The lowest BCUT2D eigenvalue weighted by Crippen LogP contribution is -2.30. The van der Waals surface area contributed by atoms with E-state index in [9.17, 15) is 19.7 Å². The molecule has 1 aliphatic heterocycles. The van der Waals surface area contributed by atoms with Crippen molar-refractivity contribution in [1.82, 2.24) is 5.32 Å². The molecule has 0 bridgehead atoms. The van der Waals surface area contributed by atoms with Crippen LogP contribution < -0.4 is 20.7 Å². The molecule has 0 radical (unpaired) electrons. The van der Waals surface area contributed by atoms with Gasteiger partial charge < -0.3 is 20.7 Å². The maximum absolute atomic E-state index is 11.4. The third-order valence-corrected chi connectivity index (χ3v) is 2.74. The number of carbonyl (C=O) groups excluding carboxylic acids is 2. The molecule has 0 fully saturated rings. The van der Waals surface area contributed by atoms with Gasteiger partial charge in [-0.3, -0.25) is 19.7 Å². The Kier molecular flexibility index (Phi) is 4.21. The maximum atomic E-state index is 11.4. The van der Waals surface area contributed by atoms with E-state index in [1.807, 2.05) is 0 Å². The lowest BCUT2D eigenvalue weighted by molar-refractivity contribution is -0.384. The topological polar surface area (TPSA) is 123 Å². The van der Waals surface area contributed by atoms with Crippen LogP contribution in [0.4, 0.5) is 17.1 Å². The monoisotopic (exact) mass is 294 g/mol. The fourth-order valence-electron chi connectivity index (χ4n) is 1.84. The minimum Gasteiger partial charge on any atom is -0.481 e. The first-order chi connectivity index (χ1) is 10.0. The average Bonchev–Trinajstić information content (AvgIpc) is 2.44. The summed E-state index contributed by atoms with van der Waals surface area (Å²) in [4.78, 5) is 33.1. The van der Waals surface area contributed by atoms with Crippen molar-refractivity contribution < 1.29 is 19.2 Å². The normalized spacial score (nSPS) is 12.7. The smallest absolute Gasteiger partial charge is 0.296 e. The van der Waals surface area contributed by atoms with E-state index in [-0.39, 0.29) is 42.1 Å². The lowest BCUT2D eigenvalue weighted by Gasteiger charge is -2.19. The van der Waals surface area contributed by atoms with Crippen molar-refractivity contribution >= 4 is 28.9 Å². The number of likely N-dealkylation sites (N-methyl/N-ethyl adjacent to an activating group) is 1. The molecule has 9 heteroatoms. The van der Waals surface area contributed by atoms with Gasteiger partial charge in [0, 0.05) is 6.54 Å². The summed E-state index contributed by atoms with van der Waals surface area (Å²) in [7, 11) is 0. The van der Waals surface area contributed by atoms with Gasteiger partial charge in [0.15, 0.2) is 12.4 Å². The van der Waals surface area contributed by atoms with Gasteiger partial charge in [-0.1, -0.05) is 0 Å². The predicted molar refractivity (Wildman–Crippen MR) is 74.4 cm³/mol. The van der Waals surface area contributed by atoms with Gasteiger partial charge in [-0.2, -0.15) is 0 Å². The van der Waals surface area contributed by atoms with Crippen LogP contribution in [-0.4, -0.2) is 36.4 Å². The van der Waals surface area contributed by atoms with Crippen LogP contribution >= 0.6 is 0 Å². The van der Waals surface area contributed by atoms with Crippen molar-refractivity contribution in [3.8, 4) is 5.75 Å². The first-order valence-corrected chi connectivity index (χ1v) is 6.27. The zero-order valence-corrected chi connectivity index (χ0v) is 11.3. The van der Waals surface area contributed by atoms with Crippen molar-refractivity contribution in [1.29, 1.82) is 0 Å². The van der Waals surface area contributed by atoms with Crippen LogP contribution in [0.15, 0.2) is 12.1 Å². The van der Waals surface area contributed by atoms with Gasteiger partial charge >= 0.3 is 0 Å². The summed E-state index contributed by atoms with van der Waals surface area (Å²) in [6, 6.07) is 2.60. The van der Waals surface area contributed by atoms with Crippen molar-refractivity contribution in [3.05, 3.63) is 22.2 Å². The molecule has 1 heterocycles. The molecule has 0 saturated heterocycles. The highest BCUT2D eigenvalue weighted by Crippen LogP contribution is 2.37.